The molecule has 0 saturated carbocycles. The predicted octanol–water partition coefficient (Wildman–Crippen LogP) is 4.75. The first-order chi connectivity index (χ1) is 19.1. The van der Waals surface area contributed by atoms with E-state index in [1.165, 1.54) is 4.90 Å². The van der Waals surface area contributed by atoms with E-state index in [0.29, 0.717) is 18.6 Å². The highest BCUT2D eigenvalue weighted by molar-refractivity contribution is 7.92. The maximum atomic E-state index is 14.0. The van der Waals surface area contributed by atoms with Crippen molar-refractivity contribution in [3.8, 4) is 5.75 Å². The quantitative estimate of drug-likeness (QED) is 0.321. The zero-order valence-corrected chi connectivity index (χ0v) is 24.0. The molecule has 3 aromatic rings. The van der Waals surface area contributed by atoms with Crippen LogP contribution in [0, 0.1) is 5.82 Å². The van der Waals surface area contributed by atoms with Gasteiger partial charge in [-0.2, -0.15) is 0 Å². The molecule has 0 bridgehead atoms. The number of rotatable bonds is 13. The van der Waals surface area contributed by atoms with Gasteiger partial charge in [0.15, 0.2) is 0 Å². The second-order valence-corrected chi connectivity index (χ2v) is 11.3. The van der Waals surface area contributed by atoms with Crippen molar-refractivity contribution in [2.45, 2.75) is 57.1 Å². The third kappa shape index (κ3) is 7.59. The second kappa shape index (κ2) is 13.9. The van der Waals surface area contributed by atoms with Gasteiger partial charge in [-0.3, -0.25) is 13.9 Å². The van der Waals surface area contributed by atoms with Gasteiger partial charge in [-0.25, -0.2) is 12.8 Å². The summed E-state index contributed by atoms with van der Waals surface area (Å²) in [7, 11) is -2.70. The fourth-order valence-electron chi connectivity index (χ4n) is 4.15. The highest BCUT2D eigenvalue weighted by atomic mass is 32.2. The Morgan fingerprint density at radius 2 is 1.55 bits per heavy atom. The highest BCUT2D eigenvalue weighted by Crippen LogP contribution is 2.25. The number of nitrogens with zero attached hydrogens (tertiary/aromatic N) is 2. The molecular formula is C30H36FN3O5S. The molecule has 40 heavy (non-hydrogen) atoms. The molecule has 0 aliphatic heterocycles. The normalized spacial score (nSPS) is 12.7. The van der Waals surface area contributed by atoms with E-state index in [1.807, 2.05) is 13.8 Å². The van der Waals surface area contributed by atoms with E-state index < -0.39 is 34.3 Å². The Hall–Kier alpha value is -3.92. The Balaban J connectivity index is 2.02. The van der Waals surface area contributed by atoms with Crippen molar-refractivity contribution < 1.29 is 27.1 Å². The molecule has 0 aromatic heterocycles. The van der Waals surface area contributed by atoms with E-state index in [2.05, 4.69) is 5.32 Å². The zero-order valence-electron chi connectivity index (χ0n) is 23.2. The number of para-hydroxylation sites is 1. The lowest BCUT2D eigenvalue weighted by molar-refractivity contribution is -0.140. The number of anilines is 1. The zero-order chi connectivity index (χ0) is 29.3. The first-order valence-electron chi connectivity index (χ1n) is 13.2. The monoisotopic (exact) mass is 569 g/mol. The summed E-state index contributed by atoms with van der Waals surface area (Å²) < 4.78 is 47.3. The lowest BCUT2D eigenvalue weighted by Gasteiger charge is -2.33. The van der Waals surface area contributed by atoms with Gasteiger partial charge in [0.05, 0.1) is 17.7 Å². The Bertz CT molecular complexity index is 1370. The smallest absolute Gasteiger partial charge is 0.264 e. The van der Waals surface area contributed by atoms with E-state index in [1.54, 1.807) is 68.6 Å². The molecule has 0 spiro atoms. The van der Waals surface area contributed by atoms with Gasteiger partial charge < -0.3 is 15.0 Å². The largest absolute Gasteiger partial charge is 0.497 e. The summed E-state index contributed by atoms with van der Waals surface area (Å²) in [5, 5.41) is 2.95. The Morgan fingerprint density at radius 3 is 2.10 bits per heavy atom. The highest BCUT2D eigenvalue weighted by Gasteiger charge is 2.34. The van der Waals surface area contributed by atoms with Crippen LogP contribution < -0.4 is 14.4 Å². The lowest BCUT2D eigenvalue weighted by Crippen LogP contribution is -2.53. The molecule has 1 N–H and O–H groups in total. The third-order valence-electron chi connectivity index (χ3n) is 6.62. The number of nitrogens with one attached hydrogen (secondary N) is 1. The van der Waals surface area contributed by atoms with Gasteiger partial charge in [0.25, 0.3) is 10.0 Å². The molecule has 0 fully saturated rings. The molecule has 10 heteroatoms. The number of amides is 2. The molecule has 214 valence electrons. The molecule has 0 saturated heterocycles. The molecule has 3 rings (SSSR count). The van der Waals surface area contributed by atoms with Crippen molar-refractivity contribution in [3.05, 3.63) is 90.2 Å². The summed E-state index contributed by atoms with van der Waals surface area (Å²) in [5.41, 5.74) is 1.01. The second-order valence-electron chi connectivity index (χ2n) is 9.41. The summed E-state index contributed by atoms with van der Waals surface area (Å²) >= 11 is 0. The van der Waals surface area contributed by atoms with Gasteiger partial charge in [0, 0.05) is 12.6 Å². The van der Waals surface area contributed by atoms with Crippen LogP contribution in [0.25, 0.3) is 0 Å². The van der Waals surface area contributed by atoms with Crippen molar-refractivity contribution >= 4 is 27.5 Å². The van der Waals surface area contributed by atoms with Crippen molar-refractivity contribution in [1.82, 2.24) is 10.2 Å². The van der Waals surface area contributed by atoms with Crippen LogP contribution in [0.4, 0.5) is 10.1 Å². The molecule has 0 heterocycles. The summed E-state index contributed by atoms with van der Waals surface area (Å²) in [6.45, 7) is 5.15. The van der Waals surface area contributed by atoms with E-state index >= 15 is 0 Å². The molecular weight excluding hydrogens is 533 g/mol. The molecule has 0 radical (unpaired) electrons. The van der Waals surface area contributed by atoms with Gasteiger partial charge >= 0.3 is 0 Å². The fraction of sp³-hybridized carbons (Fsp3) is 0.333. The van der Waals surface area contributed by atoms with Gasteiger partial charge in [0.2, 0.25) is 11.8 Å². The minimum absolute atomic E-state index is 0.0779. The van der Waals surface area contributed by atoms with Crippen LogP contribution in [0.2, 0.25) is 0 Å². The number of sulfonamides is 1. The average molecular weight is 570 g/mol. The molecule has 2 amide bonds. The lowest BCUT2D eigenvalue weighted by atomic mass is 10.1. The number of hydrogen-bond acceptors (Lipinski definition) is 5. The van der Waals surface area contributed by atoms with E-state index in [4.69, 9.17) is 4.74 Å². The number of carbonyl (C=O) groups is 2. The summed E-state index contributed by atoms with van der Waals surface area (Å²) in [4.78, 5) is 28.5. The summed E-state index contributed by atoms with van der Waals surface area (Å²) in [6, 6.07) is 18.8. The summed E-state index contributed by atoms with van der Waals surface area (Å²) in [5.74, 6) is -0.809. The summed E-state index contributed by atoms with van der Waals surface area (Å²) in [6.07, 6.45) is 1.03. The van der Waals surface area contributed by atoms with Crippen LogP contribution >= 0.6 is 0 Å². The van der Waals surface area contributed by atoms with Crippen molar-refractivity contribution in [3.63, 3.8) is 0 Å². The van der Waals surface area contributed by atoms with Crippen molar-refractivity contribution in [1.29, 1.82) is 0 Å². The Labute approximate surface area is 235 Å². The Morgan fingerprint density at radius 1 is 0.925 bits per heavy atom. The predicted molar refractivity (Wildman–Crippen MR) is 153 cm³/mol. The number of ether oxygens (including phenoxy) is 1. The molecule has 2 unspecified atom stereocenters. The SMILES string of the molecule is CCC(C)NC(=O)C(CC)N(Cc1ccc(OC)cc1)C(=O)CN(c1ccccc1)S(=O)(=O)c1ccc(F)cc1. The van der Waals surface area contributed by atoms with Crippen LogP contribution in [-0.4, -0.2) is 50.9 Å². The van der Waals surface area contributed by atoms with E-state index in [9.17, 15) is 22.4 Å². The topological polar surface area (TPSA) is 96.0 Å². The molecule has 2 atom stereocenters. The van der Waals surface area contributed by atoms with E-state index in [-0.39, 0.29) is 29.1 Å². The van der Waals surface area contributed by atoms with Gasteiger partial charge in [0.1, 0.15) is 24.2 Å². The maximum absolute atomic E-state index is 14.0. The first-order valence-corrected chi connectivity index (χ1v) is 14.6. The molecule has 0 aliphatic rings. The van der Waals surface area contributed by atoms with Crippen LogP contribution in [0.3, 0.4) is 0 Å². The van der Waals surface area contributed by atoms with Crippen LogP contribution in [-0.2, 0) is 26.2 Å². The van der Waals surface area contributed by atoms with Gasteiger partial charge in [-0.15, -0.1) is 0 Å². The van der Waals surface area contributed by atoms with E-state index in [0.717, 1.165) is 34.1 Å². The number of hydrogen-bond donors (Lipinski definition) is 1. The number of halogens is 1. The van der Waals surface area contributed by atoms with Gasteiger partial charge in [-0.1, -0.05) is 44.2 Å². The third-order valence-corrected chi connectivity index (χ3v) is 8.41. The van der Waals surface area contributed by atoms with Crippen LogP contribution in [0.15, 0.2) is 83.8 Å². The average Bonchev–Trinajstić information content (AvgIpc) is 2.96. The maximum Gasteiger partial charge on any atom is 0.264 e. The number of carbonyl (C=O) groups excluding carboxylic acids is 2. The van der Waals surface area contributed by atoms with Crippen LogP contribution in [0.1, 0.15) is 39.2 Å². The minimum atomic E-state index is -4.25. The van der Waals surface area contributed by atoms with Crippen molar-refractivity contribution in [2.24, 2.45) is 0 Å². The Kier molecular flexibility index (Phi) is 10.7. The standard InChI is InChI=1S/C30H36FN3O5S/c1-5-22(3)32-30(36)28(6-2)33(20-23-12-16-26(39-4)17-13-23)29(35)21-34(25-10-8-7-9-11-25)40(37,38)27-18-14-24(31)15-19-27/h7-19,22,28H,5-6,20-21H2,1-4H3,(H,32,36). The molecule has 3 aromatic carbocycles. The van der Waals surface area contributed by atoms with Crippen molar-refractivity contribution in [2.75, 3.05) is 18.0 Å². The number of benzene rings is 3. The van der Waals surface area contributed by atoms with Gasteiger partial charge in [-0.05, 0) is 73.9 Å². The molecule has 0 aliphatic carbocycles. The first kappa shape index (κ1) is 30.6. The molecule has 8 nitrogen and oxygen atoms in total. The van der Waals surface area contributed by atoms with Crippen LogP contribution in [0.5, 0.6) is 5.75 Å². The fourth-order valence-corrected chi connectivity index (χ4v) is 5.56. The number of methoxy groups -OCH3 is 1. The minimum Gasteiger partial charge on any atom is -0.497 e.